The number of aryl methyl sites for hydroxylation is 2. The third-order valence-corrected chi connectivity index (χ3v) is 25.5. The van der Waals surface area contributed by atoms with E-state index < -0.39 is 30.5 Å². The van der Waals surface area contributed by atoms with E-state index in [0.29, 0.717) is 80.9 Å². The Bertz CT molecular complexity index is 5790. The number of carbonyl (C=O) groups excluding carboxylic acids is 8. The van der Waals surface area contributed by atoms with Crippen molar-refractivity contribution in [1.29, 1.82) is 5.26 Å². The molecule has 0 saturated heterocycles. The number of hydrogen-bond acceptors (Lipinski definition) is 20. The number of ketones is 8. The maximum absolute atomic E-state index is 11.8. The Labute approximate surface area is 676 Å². The first-order chi connectivity index (χ1) is 55.7. The van der Waals surface area contributed by atoms with Gasteiger partial charge >= 0.3 is 0 Å². The van der Waals surface area contributed by atoms with Crippen molar-refractivity contribution in [2.45, 2.75) is 64.0 Å². The van der Waals surface area contributed by atoms with Crippen LogP contribution in [-0.2, 0) is 47.6 Å². The molecule has 0 N–H and O–H groups in total. The zero-order chi connectivity index (χ0) is 81.0. The van der Waals surface area contributed by atoms with Gasteiger partial charge in [-0.05, 0) is 113 Å². The molecule has 11 aromatic carbocycles. The van der Waals surface area contributed by atoms with Gasteiger partial charge in [0.05, 0.1) is 73.2 Å². The Balaban J connectivity index is 0.000000121. The van der Waals surface area contributed by atoms with Crippen LogP contribution in [0.1, 0.15) is 142 Å². The smallest absolute Gasteiger partial charge is 0.266 e. The maximum atomic E-state index is 11.8. The third-order valence-electron chi connectivity index (χ3n) is 19.1. The molecular weight excluding hydrogens is 1550 g/mol. The minimum Gasteiger partial charge on any atom is -0.485 e. The topological polar surface area (TPSA) is 281 Å². The van der Waals surface area contributed by atoms with Crippen LogP contribution in [0.2, 0.25) is 0 Å². The lowest BCUT2D eigenvalue weighted by atomic mass is 9.91. The Morgan fingerprint density at radius 1 is 0.487 bits per heavy atom. The van der Waals surface area contributed by atoms with Gasteiger partial charge in [0.15, 0.2) is 84.7 Å². The number of hydrogen-bond donors (Lipinski definition) is 0. The van der Waals surface area contributed by atoms with Crippen LogP contribution in [0, 0.1) is 17.9 Å². The Hall–Kier alpha value is -12.4. The predicted molar refractivity (Wildman–Crippen MR) is 441 cm³/mol. The van der Waals surface area contributed by atoms with E-state index in [9.17, 15) is 59.4 Å². The molecule has 3 aliphatic carbocycles. The monoisotopic (exact) mass is 1620 g/mol. The highest BCUT2D eigenvalue weighted by Crippen LogP contribution is 2.40. The van der Waals surface area contributed by atoms with Crippen LogP contribution in [0.15, 0.2) is 304 Å². The predicted octanol–water partition coefficient (Wildman–Crippen LogP) is 17.2. The molecule has 0 aromatic heterocycles. The van der Waals surface area contributed by atoms with E-state index in [4.69, 9.17) is 25.8 Å². The van der Waals surface area contributed by atoms with Gasteiger partial charge in [-0.15, -0.1) is 11.8 Å². The van der Waals surface area contributed by atoms with Crippen molar-refractivity contribution < 1.29 is 73.4 Å². The minimum atomic E-state index is -3.37. The van der Waals surface area contributed by atoms with Crippen molar-refractivity contribution in [3.05, 3.63) is 368 Å². The molecule has 24 heteroatoms. The number of thioether (sulfide) groups is 1. The van der Waals surface area contributed by atoms with Gasteiger partial charge in [-0.2, -0.15) is 0 Å². The van der Waals surface area contributed by atoms with E-state index in [0.717, 1.165) is 76.3 Å². The molecule has 20 rings (SSSR count). The quantitative estimate of drug-likeness (QED) is 0.0386. The molecule has 0 spiro atoms. The normalized spacial score (nSPS) is 17.1. The summed E-state index contributed by atoms with van der Waals surface area (Å²) in [4.78, 5) is 101. The highest BCUT2D eigenvalue weighted by atomic mass is 32.2. The van der Waals surface area contributed by atoms with Gasteiger partial charge in [0, 0.05) is 69.0 Å². The molecule has 0 amide bonds. The number of fused-ring (bicyclic) bond motifs is 9. The average molecular weight is 1620 g/mol. The summed E-state index contributed by atoms with van der Waals surface area (Å²) in [5.41, 5.74) is 12.4. The minimum absolute atomic E-state index is 0.000988. The average Bonchev–Trinajstić information content (AvgIpc) is 1.60. The second-order valence-corrected chi connectivity index (χ2v) is 33.6. The van der Waals surface area contributed by atoms with E-state index in [1.165, 1.54) is 34.4 Å². The molecule has 9 aliphatic rings. The summed E-state index contributed by atoms with van der Waals surface area (Å²) in [6.45, 7) is 7.35. The summed E-state index contributed by atoms with van der Waals surface area (Å²) < 4.78 is 69.1. The van der Waals surface area contributed by atoms with Crippen molar-refractivity contribution >= 4 is 112 Å². The molecule has 11 aromatic rings. The first-order valence-electron chi connectivity index (χ1n) is 36.3. The number of allylic oxidation sites excluding steroid dienone is 1. The highest BCUT2D eigenvalue weighted by molar-refractivity contribution is 8.00. The number of nitrogens with zero attached hydrogens (tertiary/aromatic N) is 3. The molecule has 0 saturated carbocycles. The lowest BCUT2D eigenvalue weighted by Gasteiger charge is -2.14. The molecule has 2 unspecified atom stereocenters. The molecule has 0 fully saturated rings. The second-order valence-electron chi connectivity index (χ2n) is 26.5. The zero-order valence-electron chi connectivity index (χ0n) is 61.5. The fourth-order valence-corrected chi connectivity index (χ4v) is 19.4. The number of carbonyl (C=O) groups is 8. The Kier molecular flexibility index (Phi) is 27.4. The van der Waals surface area contributed by atoms with Crippen molar-refractivity contribution in [2.24, 2.45) is 0 Å². The van der Waals surface area contributed by atoms with Crippen LogP contribution >= 0.6 is 24.0 Å². The molecule has 0 bridgehead atoms. The molecule has 576 valence electrons. The number of benzene rings is 11. The Morgan fingerprint density at radius 2 is 1.02 bits per heavy atom. The number of Topliss-reactive ketones (excluding diaryl/α,β-unsaturated/α-hetero) is 8. The second kappa shape index (κ2) is 38.4. The summed E-state index contributed by atoms with van der Waals surface area (Å²) in [7, 11) is -7.75. The van der Waals surface area contributed by atoms with Crippen molar-refractivity contribution in [3.8, 4) is 17.6 Å². The number of nitriles is 1. The van der Waals surface area contributed by atoms with Gasteiger partial charge < -0.3 is 9.62 Å². The molecule has 19 nitrogen and oxygen atoms in total. The van der Waals surface area contributed by atoms with E-state index in [1.54, 1.807) is 107 Å². The molecule has 6 aliphatic heterocycles. The summed E-state index contributed by atoms with van der Waals surface area (Å²) in [6, 6.07) is 87.2. The number of sulfone groups is 2. The van der Waals surface area contributed by atoms with Gasteiger partial charge in [-0.1, -0.05) is 223 Å². The lowest BCUT2D eigenvalue weighted by Crippen LogP contribution is -2.14. The summed E-state index contributed by atoms with van der Waals surface area (Å²) >= 11 is 2.64. The summed E-state index contributed by atoms with van der Waals surface area (Å²) in [6.07, 6.45) is 5.09. The zero-order valence-corrected chi connectivity index (χ0v) is 65.6. The summed E-state index contributed by atoms with van der Waals surface area (Å²) in [5.74, 6) is 2.77. The largest absolute Gasteiger partial charge is 0.485 e. The Morgan fingerprint density at radius 3 is 1.66 bits per heavy atom. The first kappa shape index (κ1) is 82.1. The SMILES string of the molecule is O=C1CC(c2ccccc2)c2ccccc21.O=C1CCCc2ccccc21.O=C1CCc2ccccc21.O=C1CN(SOOc2ccccc2)c2ccccc21.O=C1COc2ccccc21.O=C1CS(=O)(=O)c2ccccc21.O=C1CS(=O)c2ccccc21.O=C1CSc2ccccc21.[C-]#[N+]/C(C#N)=C1\CS(=O)(=O)c2ccccc21. The van der Waals surface area contributed by atoms with Crippen LogP contribution in [0.3, 0.4) is 0 Å². The van der Waals surface area contributed by atoms with Gasteiger partial charge in [0.2, 0.25) is 5.78 Å². The third kappa shape index (κ3) is 20.2. The maximum Gasteiger partial charge on any atom is 0.266 e. The van der Waals surface area contributed by atoms with Crippen LogP contribution < -0.4 is 13.9 Å². The van der Waals surface area contributed by atoms with E-state index >= 15 is 0 Å². The first-order valence-corrected chi connectivity index (χ1v) is 42.6. The fourth-order valence-electron chi connectivity index (χ4n) is 13.5. The van der Waals surface area contributed by atoms with E-state index in [2.05, 4.69) is 23.0 Å². The van der Waals surface area contributed by atoms with E-state index in [-0.39, 0.29) is 80.0 Å². The summed E-state index contributed by atoms with van der Waals surface area (Å²) in [5, 5.41) is 8.77. The van der Waals surface area contributed by atoms with Gasteiger partial charge in [-0.25, -0.2) is 26.9 Å². The van der Waals surface area contributed by atoms with Crippen LogP contribution in [0.25, 0.3) is 10.4 Å². The van der Waals surface area contributed by atoms with E-state index in [1.807, 2.05) is 164 Å². The molecule has 0 radical (unpaired) electrons. The van der Waals surface area contributed by atoms with Gasteiger partial charge in [0.1, 0.15) is 11.5 Å². The highest BCUT2D eigenvalue weighted by Gasteiger charge is 2.35. The number of anilines is 1. The van der Waals surface area contributed by atoms with Gasteiger partial charge in [0.25, 0.3) is 5.70 Å². The molecule has 2 atom stereocenters. The van der Waals surface area contributed by atoms with Crippen molar-refractivity contribution in [1.82, 2.24) is 0 Å². The van der Waals surface area contributed by atoms with Crippen molar-refractivity contribution in [2.75, 3.05) is 40.5 Å². The van der Waals surface area contributed by atoms with Crippen LogP contribution in [0.5, 0.6) is 11.5 Å². The number of ether oxygens (including phenoxy) is 1. The van der Waals surface area contributed by atoms with Gasteiger partial charge in [-0.3, -0.25) is 46.9 Å². The number of rotatable bonds is 5. The fraction of sp³-hybridized carbons (Fsp3) is 0.143. The van der Waals surface area contributed by atoms with Crippen molar-refractivity contribution in [3.63, 3.8) is 0 Å². The standard InChI is InChI=1S/C15H12O.C14H11NO3S.C11H6N2O2S.C10H10O.C9H8O.C8H6O3S.C8H6O2S.C8H6O2.C8H6OS/c16-15-10-14(11-6-2-1-3-7-11)12-8-4-5-9-13(12)15;16-14-10-15(13-9-5-4-8-12(13)14)19-18-17-11-6-2-1-3-7-11;1-13-10(6-12)9-7-16(14,15)11-5-3-2-4-8(9)11;11-10-7-3-5-8-4-1-2-6-9(8)10;10-9-6-5-7-3-1-2-4-8(7)9;9-7-5-12(10,11)8-4-2-1-3-6(7)8;9-7-5-11(10)8-4-2-1-3-6(7)8;2*9-7-5-10-8-4-2-1-3-6(7)8/h1-9,14H,10H2;1-9H,10H2;2-5H,7H2;1-2,4,6H,3,5,7H2;1-4H,5-6H2;1-4H,5H2;1-4H,5H2;2*1-4H,5H2/b;;10-9+;;;;;;. The lowest BCUT2D eigenvalue weighted by molar-refractivity contribution is -0.0778. The molecule has 6 heterocycles. The molecule has 115 heavy (non-hydrogen) atoms. The molecular formula is C91H71N3O16S5. The van der Waals surface area contributed by atoms with Crippen LogP contribution in [0.4, 0.5) is 5.69 Å². The number of para-hydroxylation sites is 3. The van der Waals surface area contributed by atoms with Crippen LogP contribution in [-0.4, -0.2) is 103 Å².